The predicted octanol–water partition coefficient (Wildman–Crippen LogP) is 0.829. The lowest BCUT2D eigenvalue weighted by Gasteiger charge is -2.32. The first-order valence-corrected chi connectivity index (χ1v) is 7.09. The van der Waals surface area contributed by atoms with E-state index in [4.69, 9.17) is 4.74 Å². The van der Waals surface area contributed by atoms with Crippen LogP contribution in [-0.2, 0) is 14.3 Å². The lowest BCUT2D eigenvalue weighted by atomic mass is 10.0. The third-order valence-electron chi connectivity index (χ3n) is 3.32. The van der Waals surface area contributed by atoms with Gasteiger partial charge in [-0.3, -0.25) is 9.59 Å². The number of Topliss-reactive ketones (excluding diaryl/α,β-unsaturated/α-hetero) is 1. The molecule has 0 spiro atoms. The van der Waals surface area contributed by atoms with Crippen molar-refractivity contribution in [2.45, 2.75) is 39.7 Å². The summed E-state index contributed by atoms with van der Waals surface area (Å²) in [6.07, 6.45) is 1.98. The molecule has 0 unspecified atom stereocenters. The largest absolute Gasteiger partial charge is 0.372 e. The zero-order valence-corrected chi connectivity index (χ0v) is 12.3. The van der Waals surface area contributed by atoms with E-state index in [2.05, 4.69) is 10.2 Å². The third-order valence-corrected chi connectivity index (χ3v) is 3.32. The minimum atomic E-state index is 0.0537. The number of piperidine rings is 1. The molecular weight excluding hydrogens is 244 g/mol. The minimum Gasteiger partial charge on any atom is -0.372 e. The second kappa shape index (κ2) is 8.27. The Labute approximate surface area is 115 Å². The van der Waals surface area contributed by atoms with E-state index in [0.717, 1.165) is 32.5 Å². The summed E-state index contributed by atoms with van der Waals surface area (Å²) in [4.78, 5) is 24.6. The smallest absolute Gasteiger partial charge is 0.222 e. The molecule has 0 atom stereocenters. The van der Waals surface area contributed by atoms with Crippen molar-refractivity contribution in [1.82, 2.24) is 10.2 Å². The highest BCUT2D eigenvalue weighted by Crippen LogP contribution is 2.10. The molecule has 0 aromatic carbocycles. The van der Waals surface area contributed by atoms with E-state index in [1.807, 2.05) is 13.8 Å². The molecule has 0 radical (unpaired) electrons. The monoisotopic (exact) mass is 270 g/mol. The maximum absolute atomic E-state index is 11.6. The standard InChI is InChI=1S/C14H26N2O3/c1-11(2)14(18)15-13-4-6-16(7-5-13)8-9-19-10-12(3)17/h11,13H,4-10H2,1-3H3,(H,15,18). The highest BCUT2D eigenvalue weighted by molar-refractivity contribution is 5.78. The summed E-state index contributed by atoms with van der Waals surface area (Å²) in [6, 6.07) is 0.310. The molecule has 1 saturated heterocycles. The number of amides is 1. The van der Waals surface area contributed by atoms with Crippen molar-refractivity contribution in [3.05, 3.63) is 0 Å². The Kier molecular flexibility index (Phi) is 7.02. The maximum atomic E-state index is 11.6. The number of likely N-dealkylation sites (tertiary alicyclic amines) is 1. The number of nitrogens with one attached hydrogen (secondary N) is 1. The van der Waals surface area contributed by atoms with Crippen LogP contribution in [0.3, 0.4) is 0 Å². The first-order chi connectivity index (χ1) is 8.99. The van der Waals surface area contributed by atoms with E-state index < -0.39 is 0 Å². The summed E-state index contributed by atoms with van der Waals surface area (Å²) < 4.78 is 5.26. The molecule has 1 fully saturated rings. The number of rotatable bonds is 7. The molecule has 1 aliphatic rings. The first-order valence-electron chi connectivity index (χ1n) is 7.09. The van der Waals surface area contributed by atoms with Crippen LogP contribution >= 0.6 is 0 Å². The second-order valence-corrected chi connectivity index (χ2v) is 5.53. The van der Waals surface area contributed by atoms with E-state index in [-0.39, 0.29) is 24.2 Å². The average Bonchev–Trinajstić information content (AvgIpc) is 2.36. The molecule has 19 heavy (non-hydrogen) atoms. The fourth-order valence-corrected chi connectivity index (χ4v) is 2.08. The Morgan fingerprint density at radius 3 is 2.47 bits per heavy atom. The van der Waals surface area contributed by atoms with Gasteiger partial charge in [-0.25, -0.2) is 0 Å². The van der Waals surface area contributed by atoms with E-state index in [1.54, 1.807) is 0 Å². The van der Waals surface area contributed by atoms with Crippen LogP contribution in [0.25, 0.3) is 0 Å². The van der Waals surface area contributed by atoms with E-state index in [9.17, 15) is 9.59 Å². The quantitative estimate of drug-likeness (QED) is 0.696. The molecule has 1 heterocycles. The SMILES string of the molecule is CC(=O)COCCN1CCC(NC(=O)C(C)C)CC1. The molecule has 0 saturated carbocycles. The van der Waals surface area contributed by atoms with Gasteiger partial charge in [0.05, 0.1) is 6.61 Å². The van der Waals surface area contributed by atoms with Gasteiger partial charge in [0.2, 0.25) is 5.91 Å². The van der Waals surface area contributed by atoms with E-state index >= 15 is 0 Å². The lowest BCUT2D eigenvalue weighted by Crippen LogP contribution is -2.46. The Morgan fingerprint density at radius 1 is 1.32 bits per heavy atom. The van der Waals surface area contributed by atoms with Crippen molar-refractivity contribution in [3.8, 4) is 0 Å². The fraction of sp³-hybridized carbons (Fsp3) is 0.857. The Hall–Kier alpha value is -0.940. The molecule has 5 nitrogen and oxygen atoms in total. The van der Waals surface area contributed by atoms with Crippen molar-refractivity contribution >= 4 is 11.7 Å². The van der Waals surface area contributed by atoms with Gasteiger partial charge in [0.1, 0.15) is 6.61 Å². The summed E-state index contributed by atoms with van der Waals surface area (Å²) in [7, 11) is 0. The highest BCUT2D eigenvalue weighted by Gasteiger charge is 2.21. The molecule has 0 bridgehead atoms. The molecule has 0 aromatic heterocycles. The van der Waals surface area contributed by atoms with Crippen LogP contribution in [0.5, 0.6) is 0 Å². The van der Waals surface area contributed by atoms with Crippen LogP contribution in [0.1, 0.15) is 33.6 Å². The lowest BCUT2D eigenvalue weighted by molar-refractivity contribution is -0.125. The molecule has 0 aliphatic carbocycles. The van der Waals surface area contributed by atoms with Gasteiger partial charge < -0.3 is 15.0 Å². The Balaban J connectivity index is 2.11. The zero-order valence-electron chi connectivity index (χ0n) is 12.3. The Morgan fingerprint density at radius 2 is 1.95 bits per heavy atom. The third kappa shape index (κ3) is 6.68. The number of hydrogen-bond donors (Lipinski definition) is 1. The normalized spacial score (nSPS) is 17.7. The van der Waals surface area contributed by atoms with Gasteiger partial charge in [0, 0.05) is 31.6 Å². The van der Waals surface area contributed by atoms with Gasteiger partial charge in [-0.1, -0.05) is 13.8 Å². The summed E-state index contributed by atoms with van der Waals surface area (Å²) in [5.41, 5.74) is 0. The number of hydrogen-bond acceptors (Lipinski definition) is 4. The van der Waals surface area contributed by atoms with Crippen molar-refractivity contribution in [2.24, 2.45) is 5.92 Å². The second-order valence-electron chi connectivity index (χ2n) is 5.53. The molecule has 1 aliphatic heterocycles. The number of ketones is 1. The number of carbonyl (C=O) groups excluding carboxylic acids is 2. The van der Waals surface area contributed by atoms with Gasteiger partial charge >= 0.3 is 0 Å². The van der Waals surface area contributed by atoms with Crippen LogP contribution in [0, 0.1) is 5.92 Å². The zero-order chi connectivity index (χ0) is 14.3. The van der Waals surface area contributed by atoms with Crippen LogP contribution in [0.2, 0.25) is 0 Å². The van der Waals surface area contributed by atoms with Crippen LogP contribution < -0.4 is 5.32 Å². The molecule has 0 aromatic rings. The van der Waals surface area contributed by atoms with Gasteiger partial charge in [-0.15, -0.1) is 0 Å². The highest BCUT2D eigenvalue weighted by atomic mass is 16.5. The first kappa shape index (κ1) is 16.1. The predicted molar refractivity (Wildman–Crippen MR) is 73.9 cm³/mol. The van der Waals surface area contributed by atoms with Crippen LogP contribution in [0.4, 0.5) is 0 Å². The minimum absolute atomic E-state index is 0.0537. The van der Waals surface area contributed by atoms with Crippen LogP contribution in [-0.4, -0.2) is 55.5 Å². The number of ether oxygens (including phenoxy) is 1. The van der Waals surface area contributed by atoms with Gasteiger partial charge in [-0.2, -0.15) is 0 Å². The van der Waals surface area contributed by atoms with Gasteiger partial charge in [0.15, 0.2) is 5.78 Å². The van der Waals surface area contributed by atoms with E-state index in [0.29, 0.717) is 12.6 Å². The molecule has 1 N–H and O–H groups in total. The summed E-state index contributed by atoms with van der Waals surface area (Å²) in [5, 5.41) is 3.08. The topological polar surface area (TPSA) is 58.6 Å². The summed E-state index contributed by atoms with van der Waals surface area (Å²) in [5.74, 6) is 0.261. The maximum Gasteiger partial charge on any atom is 0.222 e. The molecule has 5 heteroatoms. The van der Waals surface area contributed by atoms with Crippen molar-refractivity contribution in [1.29, 1.82) is 0 Å². The molecule has 1 rings (SSSR count). The fourth-order valence-electron chi connectivity index (χ4n) is 2.08. The number of carbonyl (C=O) groups is 2. The molecular formula is C14H26N2O3. The van der Waals surface area contributed by atoms with Crippen molar-refractivity contribution in [2.75, 3.05) is 32.8 Å². The summed E-state index contributed by atoms with van der Waals surface area (Å²) >= 11 is 0. The Bertz CT molecular complexity index is 297. The van der Waals surface area contributed by atoms with Crippen molar-refractivity contribution < 1.29 is 14.3 Å². The van der Waals surface area contributed by atoms with Gasteiger partial charge in [-0.05, 0) is 19.8 Å². The molecule has 110 valence electrons. The van der Waals surface area contributed by atoms with E-state index in [1.165, 1.54) is 6.92 Å². The van der Waals surface area contributed by atoms with Crippen molar-refractivity contribution in [3.63, 3.8) is 0 Å². The average molecular weight is 270 g/mol. The number of nitrogens with zero attached hydrogens (tertiary/aromatic N) is 1. The van der Waals surface area contributed by atoms with Crippen LogP contribution in [0.15, 0.2) is 0 Å². The van der Waals surface area contributed by atoms with Gasteiger partial charge in [0.25, 0.3) is 0 Å². The summed E-state index contributed by atoms with van der Waals surface area (Å²) in [6.45, 7) is 8.98. The molecule has 1 amide bonds.